The van der Waals surface area contributed by atoms with Crippen molar-refractivity contribution < 1.29 is 23.9 Å². The highest BCUT2D eigenvalue weighted by molar-refractivity contribution is 6.34. The zero-order valence-electron chi connectivity index (χ0n) is 17.5. The van der Waals surface area contributed by atoms with Crippen LogP contribution in [0.25, 0.3) is 6.08 Å². The maximum absolute atomic E-state index is 12.7. The number of anilines is 2. The van der Waals surface area contributed by atoms with E-state index in [2.05, 4.69) is 5.32 Å². The molecule has 7 nitrogen and oxygen atoms in total. The van der Waals surface area contributed by atoms with Crippen LogP contribution in [-0.2, 0) is 4.79 Å². The fourth-order valence-electron chi connectivity index (χ4n) is 3.46. The molecule has 1 heterocycles. The maximum atomic E-state index is 12.7. The monoisotopic (exact) mass is 428 g/mol. The lowest BCUT2D eigenvalue weighted by atomic mass is 10.1. The van der Waals surface area contributed by atoms with Gasteiger partial charge in [-0.15, -0.1) is 0 Å². The molecule has 0 spiro atoms. The van der Waals surface area contributed by atoms with Crippen LogP contribution in [0.4, 0.5) is 11.4 Å². The average molecular weight is 428 g/mol. The second kappa shape index (κ2) is 8.77. The van der Waals surface area contributed by atoms with Gasteiger partial charge in [-0.05, 0) is 54.1 Å². The van der Waals surface area contributed by atoms with Crippen molar-refractivity contribution in [2.45, 2.75) is 0 Å². The predicted molar refractivity (Wildman–Crippen MR) is 121 cm³/mol. The first kappa shape index (κ1) is 20.9. The Bertz CT molecular complexity index is 1210. The van der Waals surface area contributed by atoms with E-state index in [4.69, 9.17) is 9.47 Å². The van der Waals surface area contributed by atoms with Crippen LogP contribution in [0, 0.1) is 0 Å². The number of rotatable bonds is 6. The molecule has 0 aromatic heterocycles. The molecule has 0 fully saturated rings. The zero-order valence-corrected chi connectivity index (χ0v) is 17.5. The minimum atomic E-state index is -0.387. The molecule has 0 atom stereocenters. The second-order valence-electron chi connectivity index (χ2n) is 6.98. The molecule has 0 saturated heterocycles. The third-order valence-corrected chi connectivity index (χ3v) is 5.00. The molecule has 7 heteroatoms. The van der Waals surface area contributed by atoms with Crippen LogP contribution in [-0.4, -0.2) is 31.9 Å². The van der Waals surface area contributed by atoms with E-state index < -0.39 is 0 Å². The lowest BCUT2D eigenvalue weighted by molar-refractivity contribution is -0.111. The average Bonchev–Trinajstić information content (AvgIpc) is 3.07. The van der Waals surface area contributed by atoms with Gasteiger partial charge in [-0.3, -0.25) is 14.4 Å². The molecular formula is C25H20N2O5. The highest BCUT2D eigenvalue weighted by Crippen LogP contribution is 2.30. The van der Waals surface area contributed by atoms with E-state index in [0.29, 0.717) is 34.0 Å². The Kier molecular flexibility index (Phi) is 5.72. The van der Waals surface area contributed by atoms with E-state index in [1.165, 1.54) is 6.08 Å². The van der Waals surface area contributed by atoms with Gasteiger partial charge in [-0.25, -0.2) is 4.90 Å². The summed E-state index contributed by atoms with van der Waals surface area (Å²) in [4.78, 5) is 38.9. The molecule has 0 radical (unpaired) electrons. The second-order valence-corrected chi connectivity index (χ2v) is 6.98. The largest absolute Gasteiger partial charge is 0.493 e. The molecule has 32 heavy (non-hydrogen) atoms. The number of nitrogens with zero attached hydrogens (tertiary/aromatic N) is 1. The maximum Gasteiger partial charge on any atom is 0.266 e. The van der Waals surface area contributed by atoms with Crippen LogP contribution in [0.15, 0.2) is 72.8 Å². The molecule has 3 amide bonds. The quantitative estimate of drug-likeness (QED) is 0.471. The summed E-state index contributed by atoms with van der Waals surface area (Å²) in [5.41, 5.74) is 2.34. The fraction of sp³-hybridized carbons (Fsp3) is 0.0800. The number of fused-ring (bicyclic) bond motifs is 1. The van der Waals surface area contributed by atoms with Crippen LogP contribution in [0.3, 0.4) is 0 Å². The Morgan fingerprint density at radius 3 is 2.19 bits per heavy atom. The number of ether oxygens (including phenoxy) is 2. The van der Waals surface area contributed by atoms with Crippen molar-refractivity contribution in [2.24, 2.45) is 0 Å². The summed E-state index contributed by atoms with van der Waals surface area (Å²) < 4.78 is 10.5. The van der Waals surface area contributed by atoms with Crippen molar-refractivity contribution in [2.75, 3.05) is 24.4 Å². The van der Waals surface area contributed by atoms with E-state index in [-0.39, 0.29) is 17.7 Å². The van der Waals surface area contributed by atoms with E-state index in [1.807, 2.05) is 0 Å². The number of carbonyl (C=O) groups excluding carboxylic acids is 3. The molecule has 1 aliphatic rings. The van der Waals surface area contributed by atoms with E-state index >= 15 is 0 Å². The molecule has 3 aromatic carbocycles. The van der Waals surface area contributed by atoms with Gasteiger partial charge < -0.3 is 14.8 Å². The summed E-state index contributed by atoms with van der Waals surface area (Å²) in [6.07, 6.45) is 3.03. The third kappa shape index (κ3) is 3.96. The summed E-state index contributed by atoms with van der Waals surface area (Å²) in [6.45, 7) is 0. The Morgan fingerprint density at radius 1 is 0.844 bits per heavy atom. The number of methoxy groups -OCH3 is 2. The lowest BCUT2D eigenvalue weighted by Crippen LogP contribution is -2.29. The van der Waals surface area contributed by atoms with Crippen LogP contribution in [0.5, 0.6) is 11.5 Å². The minimum Gasteiger partial charge on any atom is -0.493 e. The molecule has 0 aliphatic carbocycles. The first-order valence-corrected chi connectivity index (χ1v) is 9.81. The van der Waals surface area contributed by atoms with E-state index in [9.17, 15) is 14.4 Å². The van der Waals surface area contributed by atoms with Gasteiger partial charge in [0.15, 0.2) is 11.5 Å². The van der Waals surface area contributed by atoms with Crippen molar-refractivity contribution in [3.05, 3.63) is 89.5 Å². The van der Waals surface area contributed by atoms with E-state index in [0.717, 1.165) is 10.5 Å². The number of benzene rings is 3. The van der Waals surface area contributed by atoms with Gasteiger partial charge in [0.05, 0.1) is 31.0 Å². The summed E-state index contributed by atoms with van der Waals surface area (Å²) in [6, 6.07) is 18.6. The number of imide groups is 1. The summed E-state index contributed by atoms with van der Waals surface area (Å²) >= 11 is 0. The van der Waals surface area contributed by atoms with Crippen LogP contribution in [0.2, 0.25) is 0 Å². The van der Waals surface area contributed by atoms with Gasteiger partial charge >= 0.3 is 0 Å². The first-order valence-electron chi connectivity index (χ1n) is 9.81. The summed E-state index contributed by atoms with van der Waals surface area (Å²) in [5.74, 6) is 0.0203. The molecular weight excluding hydrogens is 408 g/mol. The highest BCUT2D eigenvalue weighted by Gasteiger charge is 2.36. The SMILES string of the molecule is COc1ccc(/C=C/C(=O)Nc2cccc(N3C(=O)c4ccccc4C3=O)c2)cc1OC. The minimum absolute atomic E-state index is 0.362. The van der Waals surface area contributed by atoms with Crippen LogP contribution in [0.1, 0.15) is 26.3 Å². The molecule has 160 valence electrons. The van der Waals surface area contributed by atoms with Crippen molar-refractivity contribution in [3.63, 3.8) is 0 Å². The van der Waals surface area contributed by atoms with E-state index in [1.54, 1.807) is 87.0 Å². The predicted octanol–water partition coefficient (Wildman–Crippen LogP) is 4.16. The molecule has 0 saturated carbocycles. The number of amides is 3. The number of hydrogen-bond acceptors (Lipinski definition) is 5. The normalized spacial score (nSPS) is 12.8. The molecule has 0 unspecified atom stereocenters. The smallest absolute Gasteiger partial charge is 0.266 e. The molecule has 0 bridgehead atoms. The Hall–Kier alpha value is -4.39. The van der Waals surface area contributed by atoms with Gasteiger partial charge in [0.1, 0.15) is 0 Å². The van der Waals surface area contributed by atoms with Crippen LogP contribution < -0.4 is 19.7 Å². The Balaban J connectivity index is 1.49. The molecule has 1 N–H and O–H groups in total. The number of nitrogens with one attached hydrogen (secondary N) is 1. The fourth-order valence-corrected chi connectivity index (χ4v) is 3.46. The van der Waals surface area contributed by atoms with Gasteiger partial charge in [0.25, 0.3) is 11.8 Å². The summed E-state index contributed by atoms with van der Waals surface area (Å²) in [5, 5.41) is 2.75. The van der Waals surface area contributed by atoms with Crippen molar-refractivity contribution in [1.82, 2.24) is 0 Å². The molecule has 4 rings (SSSR count). The molecule has 3 aromatic rings. The first-order chi connectivity index (χ1) is 15.5. The van der Waals surface area contributed by atoms with Gasteiger partial charge in [0, 0.05) is 11.8 Å². The topological polar surface area (TPSA) is 84.9 Å². The van der Waals surface area contributed by atoms with Crippen molar-refractivity contribution in [1.29, 1.82) is 0 Å². The van der Waals surface area contributed by atoms with Crippen LogP contribution >= 0.6 is 0 Å². The third-order valence-electron chi connectivity index (χ3n) is 5.00. The number of carbonyl (C=O) groups is 3. The van der Waals surface area contributed by atoms with Crippen molar-refractivity contribution in [3.8, 4) is 11.5 Å². The van der Waals surface area contributed by atoms with Gasteiger partial charge in [-0.2, -0.15) is 0 Å². The van der Waals surface area contributed by atoms with Gasteiger partial charge in [0.2, 0.25) is 5.91 Å². The standard InChI is InChI=1S/C25H20N2O5/c1-31-21-12-10-16(14-22(21)32-2)11-13-23(28)26-17-6-5-7-18(15-17)27-24(29)19-8-3-4-9-20(19)25(27)30/h3-15H,1-2H3,(H,26,28)/b13-11+. The Labute approximate surface area is 184 Å². The number of hydrogen-bond donors (Lipinski definition) is 1. The van der Waals surface area contributed by atoms with Crippen molar-refractivity contribution >= 4 is 35.2 Å². The Morgan fingerprint density at radius 2 is 1.53 bits per heavy atom. The molecule has 1 aliphatic heterocycles. The van der Waals surface area contributed by atoms with Gasteiger partial charge in [-0.1, -0.05) is 24.3 Å². The lowest BCUT2D eigenvalue weighted by Gasteiger charge is -2.15. The summed E-state index contributed by atoms with van der Waals surface area (Å²) in [7, 11) is 3.09. The zero-order chi connectivity index (χ0) is 22.7. The highest BCUT2D eigenvalue weighted by atomic mass is 16.5.